The molecule has 0 fully saturated rings. The fraction of sp³-hybridized carbons (Fsp3) is 0. The molecule has 0 saturated heterocycles. The number of esters is 2. The number of phenols is 3. The van der Waals surface area contributed by atoms with Crippen LogP contribution in [0.15, 0.2) is 42.5 Å². The first-order chi connectivity index (χ1) is 9.50. The molecule has 0 aliphatic rings. The van der Waals surface area contributed by atoms with Crippen molar-refractivity contribution in [3.05, 3.63) is 53.6 Å². The minimum atomic E-state index is -1.13. The van der Waals surface area contributed by atoms with Gasteiger partial charge in [-0.1, -0.05) is 18.2 Å². The molecule has 0 heterocycles. The molecule has 6 nitrogen and oxygen atoms in total. The summed E-state index contributed by atoms with van der Waals surface area (Å²) in [7, 11) is 0. The molecule has 0 atom stereocenters. The van der Waals surface area contributed by atoms with Gasteiger partial charge in [-0.15, -0.1) is 0 Å². The van der Waals surface area contributed by atoms with Crippen LogP contribution in [0.4, 0.5) is 0 Å². The van der Waals surface area contributed by atoms with Gasteiger partial charge in [0.25, 0.3) is 0 Å². The van der Waals surface area contributed by atoms with Crippen molar-refractivity contribution in [2.75, 3.05) is 0 Å². The summed E-state index contributed by atoms with van der Waals surface area (Å²) >= 11 is 0. The Bertz CT molecular complexity index is 663. The molecule has 0 amide bonds. The van der Waals surface area contributed by atoms with Gasteiger partial charge in [-0.05, 0) is 24.3 Å². The number of ether oxygens (including phenoxy) is 1. The van der Waals surface area contributed by atoms with E-state index >= 15 is 0 Å². The summed E-state index contributed by atoms with van der Waals surface area (Å²) in [4.78, 5) is 23.4. The molecular weight excluding hydrogens is 264 g/mol. The second kappa shape index (κ2) is 5.31. The third-order valence-corrected chi connectivity index (χ3v) is 2.54. The molecule has 3 N–H and O–H groups in total. The van der Waals surface area contributed by atoms with Crippen molar-refractivity contribution >= 4 is 11.9 Å². The Morgan fingerprint density at radius 3 is 2.10 bits per heavy atom. The minimum absolute atomic E-state index is 0.170. The van der Waals surface area contributed by atoms with Crippen LogP contribution in [-0.4, -0.2) is 27.3 Å². The number of benzene rings is 2. The molecule has 0 spiro atoms. The summed E-state index contributed by atoms with van der Waals surface area (Å²) in [6.07, 6.45) is 0. The van der Waals surface area contributed by atoms with Crippen LogP contribution in [0.1, 0.15) is 20.7 Å². The van der Waals surface area contributed by atoms with Gasteiger partial charge >= 0.3 is 11.9 Å². The molecule has 2 aromatic rings. The van der Waals surface area contributed by atoms with Crippen molar-refractivity contribution in [2.24, 2.45) is 0 Å². The molecule has 0 aliphatic carbocycles. The number of carbonyl (C=O) groups excluding carboxylic acids is 2. The number of hydrogen-bond donors (Lipinski definition) is 3. The molecule has 20 heavy (non-hydrogen) atoms. The lowest BCUT2D eigenvalue weighted by molar-refractivity contribution is 0.0395. The molecule has 0 bridgehead atoms. The van der Waals surface area contributed by atoms with Gasteiger partial charge in [-0.25, -0.2) is 9.59 Å². The van der Waals surface area contributed by atoms with E-state index in [9.17, 15) is 19.8 Å². The number of phenolic OH excluding ortho intramolecular Hbond substituents is 3. The minimum Gasteiger partial charge on any atom is -0.504 e. The molecule has 0 radical (unpaired) electrons. The zero-order valence-corrected chi connectivity index (χ0v) is 10.1. The van der Waals surface area contributed by atoms with Crippen LogP contribution in [-0.2, 0) is 4.74 Å². The van der Waals surface area contributed by atoms with E-state index < -0.39 is 34.8 Å². The average Bonchev–Trinajstić information content (AvgIpc) is 2.45. The molecule has 0 saturated carbocycles. The van der Waals surface area contributed by atoms with E-state index in [1.165, 1.54) is 12.1 Å². The van der Waals surface area contributed by atoms with E-state index in [1.54, 1.807) is 18.2 Å². The van der Waals surface area contributed by atoms with Gasteiger partial charge in [-0.2, -0.15) is 0 Å². The molecule has 0 unspecified atom stereocenters. The Hall–Kier alpha value is -3.02. The molecule has 6 heteroatoms. The Morgan fingerprint density at radius 1 is 0.800 bits per heavy atom. The molecule has 0 aromatic heterocycles. The quantitative estimate of drug-likeness (QED) is 0.438. The number of rotatable bonds is 2. The van der Waals surface area contributed by atoms with E-state index in [4.69, 9.17) is 5.11 Å². The molecule has 102 valence electrons. The first-order valence-corrected chi connectivity index (χ1v) is 5.56. The zero-order chi connectivity index (χ0) is 14.7. The highest BCUT2D eigenvalue weighted by molar-refractivity contribution is 6.04. The second-order valence-corrected chi connectivity index (χ2v) is 3.87. The summed E-state index contributed by atoms with van der Waals surface area (Å²) in [5, 5.41) is 27.9. The Kier molecular flexibility index (Phi) is 3.56. The fourth-order valence-electron chi connectivity index (χ4n) is 1.51. The second-order valence-electron chi connectivity index (χ2n) is 3.87. The highest BCUT2D eigenvalue weighted by Gasteiger charge is 2.21. The van der Waals surface area contributed by atoms with Gasteiger partial charge in [0.05, 0.1) is 5.56 Å². The van der Waals surface area contributed by atoms with Crippen LogP contribution in [0.25, 0.3) is 0 Å². The van der Waals surface area contributed by atoms with Crippen molar-refractivity contribution in [1.82, 2.24) is 0 Å². The van der Waals surface area contributed by atoms with Crippen molar-refractivity contribution in [3.8, 4) is 17.2 Å². The topological polar surface area (TPSA) is 104 Å². The number of aromatic hydroxyl groups is 3. The molecule has 0 aliphatic heterocycles. The molecule has 2 rings (SSSR count). The van der Waals surface area contributed by atoms with Gasteiger partial charge < -0.3 is 20.1 Å². The summed E-state index contributed by atoms with van der Waals surface area (Å²) in [5.41, 5.74) is -0.257. The van der Waals surface area contributed by atoms with Gasteiger partial charge in [-0.3, -0.25) is 0 Å². The number of carbonyl (C=O) groups is 2. The summed E-state index contributed by atoms with van der Waals surface area (Å²) in [6, 6.07) is 9.86. The van der Waals surface area contributed by atoms with E-state index in [1.807, 2.05) is 0 Å². The summed E-state index contributed by atoms with van der Waals surface area (Å²) in [6.45, 7) is 0. The SMILES string of the molecule is O=C(OC(=O)c1ccc(O)c(O)c1O)c1ccccc1. The normalized spacial score (nSPS) is 10.0. The zero-order valence-electron chi connectivity index (χ0n) is 10.1. The van der Waals surface area contributed by atoms with Gasteiger partial charge in [0, 0.05) is 0 Å². The monoisotopic (exact) mass is 274 g/mol. The fourth-order valence-corrected chi connectivity index (χ4v) is 1.51. The van der Waals surface area contributed by atoms with E-state index in [-0.39, 0.29) is 5.56 Å². The smallest absolute Gasteiger partial charge is 0.349 e. The van der Waals surface area contributed by atoms with Crippen LogP contribution in [0.2, 0.25) is 0 Å². The molecule has 2 aromatic carbocycles. The first-order valence-electron chi connectivity index (χ1n) is 5.56. The lowest BCUT2D eigenvalue weighted by atomic mass is 10.1. The van der Waals surface area contributed by atoms with Crippen molar-refractivity contribution in [3.63, 3.8) is 0 Å². The lowest BCUT2D eigenvalue weighted by Gasteiger charge is -2.07. The average molecular weight is 274 g/mol. The number of hydrogen-bond acceptors (Lipinski definition) is 6. The van der Waals surface area contributed by atoms with E-state index in [0.29, 0.717) is 0 Å². The van der Waals surface area contributed by atoms with Crippen LogP contribution >= 0.6 is 0 Å². The van der Waals surface area contributed by atoms with Gasteiger partial charge in [0.15, 0.2) is 11.5 Å². The van der Waals surface area contributed by atoms with E-state index in [2.05, 4.69) is 4.74 Å². The summed E-state index contributed by atoms with van der Waals surface area (Å²) < 4.78 is 4.57. The highest BCUT2D eigenvalue weighted by Crippen LogP contribution is 2.37. The van der Waals surface area contributed by atoms with Crippen LogP contribution in [0.3, 0.4) is 0 Å². The standard InChI is InChI=1S/C14H10O6/c15-10-7-6-9(11(16)12(10)17)14(19)20-13(18)8-4-2-1-3-5-8/h1-7,15-17H. The van der Waals surface area contributed by atoms with Crippen molar-refractivity contribution in [1.29, 1.82) is 0 Å². The maximum absolute atomic E-state index is 11.7. The molecular formula is C14H10O6. The first kappa shape index (κ1) is 13.4. The van der Waals surface area contributed by atoms with E-state index in [0.717, 1.165) is 12.1 Å². The predicted octanol–water partition coefficient (Wildman–Crippen LogP) is 1.80. The van der Waals surface area contributed by atoms with Crippen LogP contribution in [0.5, 0.6) is 17.2 Å². The Labute approximate surface area is 113 Å². The predicted molar refractivity (Wildman–Crippen MR) is 67.6 cm³/mol. The van der Waals surface area contributed by atoms with Gasteiger partial charge in [0.1, 0.15) is 5.56 Å². The summed E-state index contributed by atoms with van der Waals surface area (Å²) in [5.74, 6) is -4.31. The largest absolute Gasteiger partial charge is 0.504 e. The van der Waals surface area contributed by atoms with Crippen LogP contribution < -0.4 is 0 Å². The Balaban J connectivity index is 2.21. The van der Waals surface area contributed by atoms with Crippen LogP contribution in [0, 0.1) is 0 Å². The Morgan fingerprint density at radius 2 is 1.45 bits per heavy atom. The van der Waals surface area contributed by atoms with Gasteiger partial charge in [0.2, 0.25) is 5.75 Å². The highest BCUT2D eigenvalue weighted by atomic mass is 16.6. The third kappa shape index (κ3) is 2.54. The maximum atomic E-state index is 11.7. The maximum Gasteiger partial charge on any atom is 0.349 e. The van der Waals surface area contributed by atoms with Crippen molar-refractivity contribution < 1.29 is 29.6 Å². The lowest BCUT2D eigenvalue weighted by Crippen LogP contribution is -2.12. The third-order valence-electron chi connectivity index (χ3n) is 2.54. The van der Waals surface area contributed by atoms with Crippen molar-refractivity contribution in [2.45, 2.75) is 0 Å².